The molecule has 3 heterocycles. The van der Waals surface area contributed by atoms with Crippen molar-refractivity contribution in [2.75, 3.05) is 6.61 Å². The second-order valence-electron chi connectivity index (χ2n) is 5.66. The van der Waals surface area contributed by atoms with Crippen molar-refractivity contribution in [1.82, 2.24) is 9.32 Å². The molecule has 11 nitrogen and oxygen atoms in total. The Labute approximate surface area is 147 Å². The summed E-state index contributed by atoms with van der Waals surface area (Å²) in [6.45, 7) is -0.510. The number of carbonyl (C=O) groups is 1. The maximum atomic E-state index is 12.0. The molecular weight excluding hydrogens is 367 g/mol. The monoisotopic (exact) mass is 384 g/mol. The van der Waals surface area contributed by atoms with Gasteiger partial charge in [0.15, 0.2) is 18.5 Å². The summed E-state index contributed by atoms with van der Waals surface area (Å²) in [6.07, 6.45) is 1.49. The molecule has 1 amide bonds. The standard InChI is InChI=1S/C14H17N4O7P/c15-13(21)9-2-1-4-17(6-9)14-12(20)11(19)10(25-14)7-24-26(22,23)18-5-3-16-8-18/h1-6,8,10-12,14,19-20H,7H2,(H2-,15,21,22,23)/t10-,11-,12-,14+/m1/s1. The summed E-state index contributed by atoms with van der Waals surface area (Å²) in [4.78, 5) is 26.9. The molecule has 3 rings (SSSR count). The third kappa shape index (κ3) is 3.68. The lowest BCUT2D eigenvalue weighted by Crippen LogP contribution is -2.46. The molecule has 5 atom stereocenters. The Kier molecular flexibility index (Phi) is 5.19. The van der Waals surface area contributed by atoms with Gasteiger partial charge in [0.25, 0.3) is 12.1 Å². The zero-order chi connectivity index (χ0) is 18.9. The number of hydrogen-bond donors (Lipinski definition) is 3. The number of aliphatic hydroxyl groups is 2. The van der Waals surface area contributed by atoms with Crippen LogP contribution in [0.25, 0.3) is 0 Å². The molecule has 0 saturated carbocycles. The smallest absolute Gasteiger partial charge is 0.292 e. The highest BCUT2D eigenvalue weighted by atomic mass is 31.2. The second-order valence-corrected chi connectivity index (χ2v) is 7.31. The second kappa shape index (κ2) is 7.23. The number of nitrogens with two attached hydrogens (primary N) is 1. The molecule has 4 N–H and O–H groups in total. The molecule has 12 heteroatoms. The van der Waals surface area contributed by atoms with Gasteiger partial charge in [-0.15, -0.1) is 0 Å². The minimum Gasteiger partial charge on any atom is -0.761 e. The summed E-state index contributed by atoms with van der Waals surface area (Å²) >= 11 is 0. The lowest BCUT2D eigenvalue weighted by Gasteiger charge is -2.25. The summed E-state index contributed by atoms with van der Waals surface area (Å²) < 4.78 is 24.5. The molecular formula is C14H17N4O7P. The van der Waals surface area contributed by atoms with Crippen LogP contribution in [0.5, 0.6) is 0 Å². The van der Waals surface area contributed by atoms with Crippen molar-refractivity contribution in [1.29, 1.82) is 0 Å². The van der Waals surface area contributed by atoms with E-state index < -0.39 is 44.8 Å². The summed E-state index contributed by atoms with van der Waals surface area (Å²) in [7, 11) is -4.45. The molecule has 2 aromatic rings. The largest absolute Gasteiger partial charge is 0.761 e. The molecule has 1 saturated heterocycles. The molecule has 1 fully saturated rings. The molecule has 2 aromatic heterocycles. The molecule has 26 heavy (non-hydrogen) atoms. The number of pyridine rings is 1. The van der Waals surface area contributed by atoms with E-state index >= 15 is 0 Å². The number of hydrogen-bond acceptors (Lipinski definition) is 8. The van der Waals surface area contributed by atoms with Crippen LogP contribution in [-0.2, 0) is 13.8 Å². The lowest BCUT2D eigenvalue weighted by atomic mass is 10.1. The fraction of sp³-hybridized carbons (Fsp3) is 0.357. The number of imidazole rings is 1. The molecule has 1 unspecified atom stereocenters. The summed E-state index contributed by atoms with van der Waals surface area (Å²) in [5.41, 5.74) is 5.40. The van der Waals surface area contributed by atoms with Gasteiger partial charge in [-0.3, -0.25) is 13.7 Å². The third-order valence-electron chi connectivity index (χ3n) is 3.91. The fourth-order valence-corrected chi connectivity index (χ4v) is 3.42. The van der Waals surface area contributed by atoms with Gasteiger partial charge < -0.3 is 30.1 Å². The summed E-state index contributed by atoms with van der Waals surface area (Å²) in [5.74, 6) is -0.667. The van der Waals surface area contributed by atoms with E-state index in [0.717, 1.165) is 10.7 Å². The Hall–Kier alpha value is -2.14. The average molecular weight is 384 g/mol. The first-order chi connectivity index (χ1) is 12.3. The first kappa shape index (κ1) is 18.6. The van der Waals surface area contributed by atoms with Crippen molar-refractivity contribution in [3.8, 4) is 0 Å². The molecule has 0 aliphatic carbocycles. The Bertz CT molecular complexity index is 830. The number of ether oxygens (including phenoxy) is 1. The van der Waals surface area contributed by atoms with E-state index in [1.807, 2.05) is 0 Å². The van der Waals surface area contributed by atoms with E-state index in [0.29, 0.717) is 0 Å². The number of amides is 1. The number of aliphatic hydroxyl groups excluding tert-OH is 2. The SMILES string of the molecule is NC(=O)c1ccc[n+]([C@H]2O[C@H](COP(=O)([O-])n3ccnc3)[C@@H](O)[C@H]2O)c1. The molecule has 140 valence electrons. The summed E-state index contributed by atoms with van der Waals surface area (Å²) in [5, 5.41) is 20.3. The predicted molar refractivity (Wildman–Crippen MR) is 82.3 cm³/mol. The highest BCUT2D eigenvalue weighted by molar-refractivity contribution is 7.49. The Morgan fingerprint density at radius 1 is 1.50 bits per heavy atom. The van der Waals surface area contributed by atoms with Crippen molar-refractivity contribution in [3.63, 3.8) is 0 Å². The summed E-state index contributed by atoms with van der Waals surface area (Å²) in [6, 6.07) is 3.01. The van der Waals surface area contributed by atoms with Gasteiger partial charge in [0.2, 0.25) is 7.75 Å². The quantitative estimate of drug-likeness (QED) is 0.377. The van der Waals surface area contributed by atoms with E-state index in [2.05, 4.69) is 4.98 Å². The van der Waals surface area contributed by atoms with Crippen LogP contribution >= 0.6 is 7.75 Å². The van der Waals surface area contributed by atoms with Gasteiger partial charge in [0.05, 0.1) is 6.61 Å². The Morgan fingerprint density at radius 3 is 2.92 bits per heavy atom. The maximum Gasteiger partial charge on any atom is 0.292 e. The number of aromatic nitrogens is 3. The third-order valence-corrected chi connectivity index (χ3v) is 5.19. The Balaban J connectivity index is 1.71. The number of nitrogens with zero attached hydrogens (tertiary/aromatic N) is 3. The molecule has 0 radical (unpaired) electrons. The highest BCUT2D eigenvalue weighted by Gasteiger charge is 2.48. The van der Waals surface area contributed by atoms with Crippen LogP contribution in [0.3, 0.4) is 0 Å². The van der Waals surface area contributed by atoms with E-state index in [9.17, 15) is 24.5 Å². The van der Waals surface area contributed by atoms with Crippen molar-refractivity contribution >= 4 is 13.7 Å². The predicted octanol–water partition coefficient (Wildman–Crippen LogP) is -2.08. The van der Waals surface area contributed by atoms with Crippen LogP contribution in [0.2, 0.25) is 0 Å². The van der Waals surface area contributed by atoms with Crippen molar-refractivity contribution in [3.05, 3.63) is 48.8 Å². The van der Waals surface area contributed by atoms with Gasteiger partial charge in [-0.2, -0.15) is 4.57 Å². The van der Waals surface area contributed by atoms with Crippen molar-refractivity contribution in [2.45, 2.75) is 24.5 Å². The topological polar surface area (TPSA) is 164 Å². The van der Waals surface area contributed by atoms with Crippen LogP contribution in [-0.4, -0.2) is 50.4 Å². The maximum absolute atomic E-state index is 12.0. The molecule has 0 spiro atoms. The lowest BCUT2D eigenvalue weighted by molar-refractivity contribution is -0.765. The van der Waals surface area contributed by atoms with Gasteiger partial charge in [0.1, 0.15) is 24.1 Å². The van der Waals surface area contributed by atoms with Crippen LogP contribution in [0.1, 0.15) is 16.6 Å². The van der Waals surface area contributed by atoms with Crippen molar-refractivity contribution in [2.24, 2.45) is 5.73 Å². The van der Waals surface area contributed by atoms with Gasteiger partial charge >= 0.3 is 0 Å². The molecule has 1 aliphatic heterocycles. The number of carbonyl (C=O) groups excluding carboxylic acids is 1. The van der Waals surface area contributed by atoms with E-state index in [-0.39, 0.29) is 5.56 Å². The van der Waals surface area contributed by atoms with E-state index in [1.165, 1.54) is 41.5 Å². The highest BCUT2D eigenvalue weighted by Crippen LogP contribution is 2.39. The van der Waals surface area contributed by atoms with Crippen LogP contribution in [0.4, 0.5) is 0 Å². The zero-order valence-electron chi connectivity index (χ0n) is 13.4. The van der Waals surface area contributed by atoms with Crippen LogP contribution in [0.15, 0.2) is 43.2 Å². The first-order valence-electron chi connectivity index (χ1n) is 7.56. The van der Waals surface area contributed by atoms with Gasteiger partial charge in [-0.25, -0.2) is 4.98 Å². The minimum absolute atomic E-state index is 0.182. The molecule has 0 bridgehead atoms. The van der Waals surface area contributed by atoms with Crippen molar-refractivity contribution < 1.29 is 38.3 Å². The fourth-order valence-electron chi connectivity index (χ4n) is 2.54. The molecule has 1 aliphatic rings. The van der Waals surface area contributed by atoms with Crippen LogP contribution in [0, 0.1) is 0 Å². The minimum atomic E-state index is -4.45. The normalized spacial score (nSPS) is 28.0. The number of rotatable bonds is 6. The zero-order valence-corrected chi connectivity index (χ0v) is 14.3. The number of primary amides is 1. The van der Waals surface area contributed by atoms with E-state index in [1.54, 1.807) is 0 Å². The van der Waals surface area contributed by atoms with Gasteiger partial charge in [-0.1, -0.05) is 0 Å². The first-order valence-corrected chi connectivity index (χ1v) is 9.06. The van der Waals surface area contributed by atoms with Crippen LogP contribution < -0.4 is 15.2 Å². The van der Waals surface area contributed by atoms with Gasteiger partial charge in [0, 0.05) is 18.5 Å². The van der Waals surface area contributed by atoms with E-state index in [4.69, 9.17) is 15.0 Å². The Morgan fingerprint density at radius 2 is 2.27 bits per heavy atom. The van der Waals surface area contributed by atoms with Gasteiger partial charge in [-0.05, 0) is 6.07 Å². The average Bonchev–Trinajstić information content (AvgIpc) is 3.24. The molecule has 0 aromatic carbocycles.